The normalized spacial score (nSPS) is 24.9. The summed E-state index contributed by atoms with van der Waals surface area (Å²) in [4.78, 5) is 11.3. The van der Waals surface area contributed by atoms with E-state index in [4.69, 9.17) is 19.7 Å². The molecule has 1 saturated carbocycles. The maximum atomic E-state index is 9.15. The number of hydrogen-bond acceptors (Lipinski definition) is 6. The molecule has 0 spiro atoms. The van der Waals surface area contributed by atoms with Gasteiger partial charge in [0, 0.05) is 19.3 Å². The van der Waals surface area contributed by atoms with Crippen LogP contribution in [0.2, 0.25) is 0 Å². The summed E-state index contributed by atoms with van der Waals surface area (Å²) in [5.41, 5.74) is 2.00. The van der Waals surface area contributed by atoms with Gasteiger partial charge >= 0.3 is 0 Å². The third-order valence-corrected chi connectivity index (χ3v) is 6.70. The zero-order chi connectivity index (χ0) is 20.3. The van der Waals surface area contributed by atoms with Gasteiger partial charge in [-0.05, 0) is 54.8 Å². The Morgan fingerprint density at radius 1 is 1.34 bits per heavy atom. The van der Waals surface area contributed by atoms with Crippen molar-refractivity contribution in [3.63, 3.8) is 0 Å². The van der Waals surface area contributed by atoms with Gasteiger partial charge in [0.05, 0.1) is 18.9 Å². The molecule has 8 heteroatoms. The second-order valence-corrected chi connectivity index (χ2v) is 8.89. The molecule has 0 aromatic carbocycles. The molecule has 6 nitrogen and oxygen atoms in total. The Bertz CT molecular complexity index is 948. The Morgan fingerprint density at radius 2 is 2.14 bits per heavy atom. The first-order valence-electron chi connectivity index (χ1n) is 9.64. The standard InChI is InChI=1S/C21H24N4O2S2/c1-29-20(28)27-21(12-16(13-21)15-5-6-23-17(11-15)14-22)18-3-2-4-19(24-18)25-7-9-26-10-8-25/h2-6,11,16,28-29H,7-10,12-13H2,1H3. The largest absolute Gasteiger partial charge is 0.378 e. The molecule has 2 aromatic heterocycles. The molecule has 1 saturated heterocycles. The van der Waals surface area contributed by atoms with Gasteiger partial charge in [0.2, 0.25) is 0 Å². The van der Waals surface area contributed by atoms with Gasteiger partial charge in [-0.25, -0.2) is 9.97 Å². The van der Waals surface area contributed by atoms with E-state index < -0.39 is 5.60 Å². The van der Waals surface area contributed by atoms with Crippen LogP contribution in [0.15, 0.2) is 36.5 Å². The quantitative estimate of drug-likeness (QED) is 0.576. The van der Waals surface area contributed by atoms with Gasteiger partial charge in [0.25, 0.3) is 0 Å². The number of nitriles is 1. The second kappa shape index (κ2) is 8.84. The summed E-state index contributed by atoms with van der Waals surface area (Å²) in [5, 5.41) is 9.15. The van der Waals surface area contributed by atoms with Gasteiger partial charge in [-0.15, -0.1) is 12.6 Å². The molecule has 0 atom stereocenters. The van der Waals surface area contributed by atoms with Crippen molar-refractivity contribution in [3.8, 4) is 6.07 Å². The van der Waals surface area contributed by atoms with Gasteiger partial charge in [0.15, 0.2) is 0 Å². The summed E-state index contributed by atoms with van der Waals surface area (Å²) in [6.45, 7) is 3.14. The first-order valence-corrected chi connectivity index (χ1v) is 11.4. The highest BCUT2D eigenvalue weighted by atomic mass is 32.2. The van der Waals surface area contributed by atoms with E-state index in [2.05, 4.69) is 28.6 Å². The van der Waals surface area contributed by atoms with Crippen molar-refractivity contribution in [2.24, 2.45) is 0 Å². The van der Waals surface area contributed by atoms with Crippen LogP contribution in [0, 0.1) is 11.3 Å². The molecule has 3 heterocycles. The molecule has 0 N–H and O–H groups in total. The Labute approximate surface area is 180 Å². The number of ether oxygens (including phenoxy) is 2. The number of hydrogen-bond donors (Lipinski definition) is 2. The first kappa shape index (κ1) is 20.4. The Kier molecular flexibility index (Phi) is 6.20. The summed E-state index contributed by atoms with van der Waals surface area (Å²) >= 11 is 5.50. The molecule has 1 aliphatic heterocycles. The number of rotatable bonds is 4. The van der Waals surface area contributed by atoms with E-state index in [9.17, 15) is 0 Å². The number of pyridine rings is 2. The van der Waals surface area contributed by atoms with Crippen LogP contribution in [0.5, 0.6) is 0 Å². The van der Waals surface area contributed by atoms with Crippen molar-refractivity contribution in [1.82, 2.24) is 9.97 Å². The van der Waals surface area contributed by atoms with E-state index in [-0.39, 0.29) is 0 Å². The lowest BCUT2D eigenvalue weighted by atomic mass is 9.66. The lowest BCUT2D eigenvalue weighted by Gasteiger charge is -2.47. The third kappa shape index (κ3) is 4.33. The summed E-state index contributed by atoms with van der Waals surface area (Å²) in [6, 6.07) is 12.1. The van der Waals surface area contributed by atoms with Crippen LogP contribution < -0.4 is 4.90 Å². The molecule has 0 amide bonds. The Morgan fingerprint density at radius 3 is 2.86 bits per heavy atom. The summed E-state index contributed by atoms with van der Waals surface area (Å²) in [6.07, 6.45) is 5.29. The van der Waals surface area contributed by atoms with Crippen LogP contribution in [-0.4, -0.2) is 46.9 Å². The third-order valence-electron chi connectivity index (χ3n) is 5.54. The highest BCUT2D eigenvalue weighted by Gasteiger charge is 2.49. The van der Waals surface area contributed by atoms with Crippen LogP contribution in [0.3, 0.4) is 0 Å². The van der Waals surface area contributed by atoms with E-state index in [1.165, 1.54) is 0 Å². The molecule has 0 bridgehead atoms. The van der Waals surface area contributed by atoms with Crippen molar-refractivity contribution in [1.29, 1.82) is 5.26 Å². The fraction of sp³-hybridized carbons (Fsp3) is 0.429. The maximum absolute atomic E-state index is 9.15. The highest BCUT2D eigenvalue weighted by Crippen LogP contribution is 2.53. The number of anilines is 1. The van der Waals surface area contributed by atoms with Crippen LogP contribution in [0.1, 0.15) is 35.7 Å². The second-order valence-electron chi connectivity index (χ2n) is 7.27. The van der Waals surface area contributed by atoms with Crippen LogP contribution in [0.4, 0.5) is 5.82 Å². The lowest BCUT2D eigenvalue weighted by molar-refractivity contribution is -0.0384. The van der Waals surface area contributed by atoms with Crippen molar-refractivity contribution in [3.05, 3.63) is 53.5 Å². The maximum Gasteiger partial charge on any atom is 0.140 e. The average molecular weight is 429 g/mol. The molecule has 0 unspecified atom stereocenters. The smallest absolute Gasteiger partial charge is 0.140 e. The minimum atomic E-state index is -0.497. The lowest BCUT2D eigenvalue weighted by Crippen LogP contribution is -2.44. The van der Waals surface area contributed by atoms with E-state index in [1.807, 2.05) is 36.6 Å². The summed E-state index contributed by atoms with van der Waals surface area (Å²) in [7, 11) is 0. The topological polar surface area (TPSA) is 71.3 Å². The minimum absolute atomic E-state index is 0.300. The fourth-order valence-corrected chi connectivity index (χ4v) is 4.39. The van der Waals surface area contributed by atoms with Gasteiger partial charge in [-0.1, -0.05) is 6.07 Å². The van der Waals surface area contributed by atoms with E-state index in [1.54, 1.807) is 6.20 Å². The summed E-state index contributed by atoms with van der Waals surface area (Å²) < 4.78 is 12.5. The minimum Gasteiger partial charge on any atom is -0.378 e. The van der Waals surface area contributed by atoms with Crippen molar-refractivity contribution in [2.75, 3.05) is 37.5 Å². The number of thiol groups is 2. The first-order chi connectivity index (χ1) is 14.1. The molecular weight excluding hydrogens is 404 g/mol. The molecule has 29 heavy (non-hydrogen) atoms. The molecule has 2 fully saturated rings. The molecule has 2 aromatic rings. The van der Waals surface area contributed by atoms with Gasteiger partial charge < -0.3 is 14.4 Å². The van der Waals surface area contributed by atoms with Crippen molar-refractivity contribution in [2.45, 2.75) is 24.4 Å². The summed E-state index contributed by atoms with van der Waals surface area (Å²) in [5.74, 6) is 1.26. The van der Waals surface area contributed by atoms with Crippen LogP contribution in [0.25, 0.3) is 0 Å². The number of aromatic nitrogens is 2. The molecule has 2 aliphatic rings. The van der Waals surface area contributed by atoms with E-state index in [0.717, 1.165) is 67.6 Å². The van der Waals surface area contributed by atoms with Gasteiger partial charge in [-0.2, -0.15) is 16.6 Å². The molecule has 0 radical (unpaired) electrons. The van der Waals surface area contributed by atoms with Crippen LogP contribution >= 0.6 is 24.0 Å². The molecule has 1 aliphatic carbocycles. The SMILES string of the molecule is C[SH]=C(S)OC1(c2cccc(N3CCOCC3)n2)CC(c2ccnc(C#N)c2)C1. The van der Waals surface area contributed by atoms with Crippen molar-refractivity contribution >= 4 is 34.2 Å². The van der Waals surface area contributed by atoms with Crippen LogP contribution in [-0.2, 0) is 15.1 Å². The molecule has 152 valence electrons. The number of morpholine rings is 1. The van der Waals surface area contributed by atoms with Gasteiger partial charge in [-0.3, -0.25) is 0 Å². The average Bonchev–Trinajstić information content (AvgIpc) is 2.76. The molecular formula is C21H24N4O2S2. The Balaban J connectivity index is 1.61. The van der Waals surface area contributed by atoms with E-state index in [0.29, 0.717) is 16.0 Å². The Hall–Kier alpha value is -1.92. The zero-order valence-electron chi connectivity index (χ0n) is 16.3. The van der Waals surface area contributed by atoms with Crippen molar-refractivity contribution < 1.29 is 9.47 Å². The monoisotopic (exact) mass is 428 g/mol. The number of nitrogens with zero attached hydrogens (tertiary/aromatic N) is 4. The van der Waals surface area contributed by atoms with E-state index >= 15 is 0 Å². The molecule has 4 rings (SSSR count). The van der Waals surface area contributed by atoms with Gasteiger partial charge in [0.1, 0.15) is 27.6 Å². The predicted octanol–water partition coefficient (Wildman–Crippen LogP) is 3.09. The fourth-order valence-electron chi connectivity index (χ4n) is 3.94. The highest BCUT2D eigenvalue weighted by molar-refractivity contribution is 8.17. The zero-order valence-corrected chi connectivity index (χ0v) is 18.1. The predicted molar refractivity (Wildman–Crippen MR) is 120 cm³/mol.